The number of carbonyl (C=O) groups is 1. The molecule has 1 heterocycles. The summed E-state index contributed by atoms with van der Waals surface area (Å²) in [6, 6.07) is 19.5. The number of oxazole rings is 1. The molecule has 0 spiro atoms. The standard InChI is InChI=1S/C23H18ClN3O3S/c1-2-29-18-10-5-15(6-11-18)22-26-19-13-17(9-12-20(19)30-22)25-23(31)27-21(28)14-3-7-16(24)8-4-14/h3-13H,2H2,1H3,(H2,25,27,28,31). The van der Waals surface area contributed by atoms with Crippen molar-refractivity contribution < 1.29 is 13.9 Å². The van der Waals surface area contributed by atoms with Crippen molar-refractivity contribution in [2.75, 3.05) is 11.9 Å². The molecule has 4 rings (SSSR count). The third kappa shape index (κ3) is 5.02. The summed E-state index contributed by atoms with van der Waals surface area (Å²) in [5.41, 5.74) is 3.30. The van der Waals surface area contributed by atoms with Gasteiger partial charge in [0.25, 0.3) is 5.91 Å². The van der Waals surface area contributed by atoms with Crippen LogP contribution in [0.1, 0.15) is 17.3 Å². The van der Waals surface area contributed by atoms with Crippen LogP contribution in [0, 0.1) is 0 Å². The summed E-state index contributed by atoms with van der Waals surface area (Å²) in [5.74, 6) is 0.978. The topological polar surface area (TPSA) is 76.4 Å². The molecule has 6 nitrogen and oxygen atoms in total. The maximum atomic E-state index is 12.3. The zero-order valence-electron chi connectivity index (χ0n) is 16.5. The minimum Gasteiger partial charge on any atom is -0.494 e. The van der Waals surface area contributed by atoms with E-state index < -0.39 is 0 Å². The number of halogens is 1. The Morgan fingerprint density at radius 1 is 1.10 bits per heavy atom. The third-order valence-electron chi connectivity index (χ3n) is 4.39. The fourth-order valence-electron chi connectivity index (χ4n) is 2.93. The Balaban J connectivity index is 1.45. The van der Waals surface area contributed by atoms with E-state index in [1.807, 2.05) is 31.2 Å². The molecule has 2 N–H and O–H groups in total. The van der Waals surface area contributed by atoms with Crippen molar-refractivity contribution in [1.82, 2.24) is 10.3 Å². The highest BCUT2D eigenvalue weighted by Crippen LogP contribution is 2.27. The van der Waals surface area contributed by atoms with Gasteiger partial charge < -0.3 is 14.5 Å². The molecule has 4 aromatic rings. The van der Waals surface area contributed by atoms with E-state index >= 15 is 0 Å². The predicted molar refractivity (Wildman–Crippen MR) is 126 cm³/mol. The van der Waals surface area contributed by atoms with E-state index in [1.54, 1.807) is 42.5 Å². The summed E-state index contributed by atoms with van der Waals surface area (Å²) in [7, 11) is 0. The normalized spacial score (nSPS) is 10.6. The minimum absolute atomic E-state index is 0.175. The van der Waals surface area contributed by atoms with Gasteiger partial charge in [0.2, 0.25) is 5.89 Å². The number of nitrogens with one attached hydrogen (secondary N) is 2. The molecular formula is C23H18ClN3O3S. The van der Waals surface area contributed by atoms with Crippen molar-refractivity contribution in [3.05, 3.63) is 77.3 Å². The molecule has 0 unspecified atom stereocenters. The average Bonchev–Trinajstić information content (AvgIpc) is 3.18. The molecule has 0 atom stereocenters. The number of amides is 1. The molecule has 1 amide bonds. The van der Waals surface area contributed by atoms with Crippen molar-refractivity contribution >= 4 is 51.6 Å². The lowest BCUT2D eigenvalue weighted by Crippen LogP contribution is -2.34. The number of hydrogen-bond acceptors (Lipinski definition) is 5. The summed E-state index contributed by atoms with van der Waals surface area (Å²) in [5, 5.41) is 6.37. The van der Waals surface area contributed by atoms with Gasteiger partial charge in [-0.15, -0.1) is 0 Å². The number of rotatable bonds is 5. The van der Waals surface area contributed by atoms with E-state index in [2.05, 4.69) is 15.6 Å². The molecule has 0 aliphatic rings. The Kier molecular flexibility index (Phi) is 6.16. The van der Waals surface area contributed by atoms with E-state index in [4.69, 9.17) is 33.0 Å². The van der Waals surface area contributed by atoms with Gasteiger partial charge in [0, 0.05) is 21.8 Å². The monoisotopic (exact) mass is 451 g/mol. The number of nitrogens with zero attached hydrogens (tertiary/aromatic N) is 1. The summed E-state index contributed by atoms with van der Waals surface area (Å²) in [6.07, 6.45) is 0. The number of hydrogen-bond donors (Lipinski definition) is 2. The van der Waals surface area contributed by atoms with Crippen LogP contribution < -0.4 is 15.4 Å². The first-order valence-electron chi connectivity index (χ1n) is 9.53. The number of anilines is 1. The second-order valence-electron chi connectivity index (χ2n) is 6.57. The number of carbonyl (C=O) groups excluding carboxylic acids is 1. The van der Waals surface area contributed by atoms with Crippen molar-refractivity contribution in [1.29, 1.82) is 0 Å². The molecule has 1 aromatic heterocycles. The highest BCUT2D eigenvalue weighted by molar-refractivity contribution is 7.80. The Morgan fingerprint density at radius 2 is 1.84 bits per heavy atom. The van der Waals surface area contributed by atoms with E-state index in [-0.39, 0.29) is 11.0 Å². The highest BCUT2D eigenvalue weighted by atomic mass is 35.5. The van der Waals surface area contributed by atoms with Crippen LogP contribution in [0.25, 0.3) is 22.6 Å². The Morgan fingerprint density at radius 3 is 2.55 bits per heavy atom. The van der Waals surface area contributed by atoms with Crippen LogP contribution in [0.4, 0.5) is 5.69 Å². The molecule has 156 valence electrons. The molecule has 0 radical (unpaired) electrons. The quantitative estimate of drug-likeness (QED) is 0.380. The molecule has 8 heteroatoms. The Bertz CT molecular complexity index is 1240. The van der Waals surface area contributed by atoms with Crippen LogP contribution in [-0.4, -0.2) is 22.6 Å². The van der Waals surface area contributed by atoms with E-state index in [9.17, 15) is 4.79 Å². The zero-order chi connectivity index (χ0) is 21.8. The third-order valence-corrected chi connectivity index (χ3v) is 4.85. The van der Waals surface area contributed by atoms with Crippen LogP contribution in [0.15, 0.2) is 71.1 Å². The maximum Gasteiger partial charge on any atom is 0.257 e. The number of thiocarbonyl (C=S) groups is 1. The molecule has 0 saturated heterocycles. The molecule has 31 heavy (non-hydrogen) atoms. The first-order valence-corrected chi connectivity index (χ1v) is 10.3. The fraction of sp³-hybridized carbons (Fsp3) is 0.0870. The molecule has 0 fully saturated rings. The van der Waals surface area contributed by atoms with Gasteiger partial charge in [-0.05, 0) is 85.9 Å². The molecule has 0 saturated carbocycles. The van der Waals surface area contributed by atoms with Crippen molar-refractivity contribution in [2.45, 2.75) is 6.92 Å². The largest absolute Gasteiger partial charge is 0.494 e. The highest BCUT2D eigenvalue weighted by Gasteiger charge is 2.11. The van der Waals surface area contributed by atoms with Crippen LogP contribution >= 0.6 is 23.8 Å². The second-order valence-corrected chi connectivity index (χ2v) is 7.42. The van der Waals surface area contributed by atoms with E-state index in [0.717, 1.165) is 11.3 Å². The molecule has 3 aromatic carbocycles. The molecule has 0 aliphatic carbocycles. The number of ether oxygens (including phenoxy) is 1. The zero-order valence-corrected chi connectivity index (χ0v) is 18.1. The maximum absolute atomic E-state index is 12.3. The van der Waals surface area contributed by atoms with Crippen molar-refractivity contribution in [2.24, 2.45) is 0 Å². The first-order chi connectivity index (χ1) is 15.0. The average molecular weight is 452 g/mol. The van der Waals surface area contributed by atoms with Crippen molar-refractivity contribution in [3.8, 4) is 17.2 Å². The van der Waals surface area contributed by atoms with Crippen LogP contribution in [-0.2, 0) is 0 Å². The summed E-state index contributed by atoms with van der Waals surface area (Å²) in [4.78, 5) is 16.8. The Labute approximate surface area is 189 Å². The number of benzene rings is 3. The molecule has 0 aliphatic heterocycles. The summed E-state index contributed by atoms with van der Waals surface area (Å²) in [6.45, 7) is 2.55. The van der Waals surface area contributed by atoms with Gasteiger partial charge in [-0.25, -0.2) is 4.98 Å². The fourth-order valence-corrected chi connectivity index (χ4v) is 3.26. The number of fused-ring (bicyclic) bond motifs is 1. The predicted octanol–water partition coefficient (Wildman–Crippen LogP) is 5.67. The van der Waals surface area contributed by atoms with Gasteiger partial charge in [-0.3, -0.25) is 10.1 Å². The van der Waals surface area contributed by atoms with Crippen LogP contribution in [0.3, 0.4) is 0 Å². The van der Waals surface area contributed by atoms with Crippen molar-refractivity contribution in [3.63, 3.8) is 0 Å². The van der Waals surface area contributed by atoms with Crippen LogP contribution in [0.5, 0.6) is 5.75 Å². The van der Waals surface area contributed by atoms with E-state index in [1.165, 1.54) is 0 Å². The number of aromatic nitrogens is 1. The van der Waals surface area contributed by atoms with Gasteiger partial charge in [0.15, 0.2) is 10.7 Å². The minimum atomic E-state index is -0.325. The van der Waals surface area contributed by atoms with Gasteiger partial charge >= 0.3 is 0 Å². The first kappa shape index (κ1) is 20.8. The van der Waals surface area contributed by atoms with Crippen LogP contribution in [0.2, 0.25) is 5.02 Å². The molecular weight excluding hydrogens is 434 g/mol. The second kappa shape index (κ2) is 9.16. The molecule has 0 bridgehead atoms. The Hall–Kier alpha value is -3.42. The van der Waals surface area contributed by atoms with Gasteiger partial charge in [-0.2, -0.15) is 0 Å². The SMILES string of the molecule is CCOc1ccc(-c2nc3cc(NC(=S)NC(=O)c4ccc(Cl)cc4)ccc3o2)cc1. The lowest BCUT2D eigenvalue weighted by Gasteiger charge is -2.09. The summed E-state index contributed by atoms with van der Waals surface area (Å²) < 4.78 is 11.3. The van der Waals surface area contributed by atoms with Gasteiger partial charge in [0.05, 0.1) is 6.61 Å². The van der Waals surface area contributed by atoms with Gasteiger partial charge in [-0.1, -0.05) is 11.6 Å². The summed E-state index contributed by atoms with van der Waals surface area (Å²) >= 11 is 11.1. The van der Waals surface area contributed by atoms with Gasteiger partial charge in [0.1, 0.15) is 11.3 Å². The lowest BCUT2D eigenvalue weighted by atomic mass is 10.2. The smallest absolute Gasteiger partial charge is 0.257 e. The lowest BCUT2D eigenvalue weighted by molar-refractivity contribution is 0.0977. The van der Waals surface area contributed by atoms with E-state index in [0.29, 0.717) is 39.9 Å².